The monoisotopic (exact) mass is 419 g/mol. The molecule has 7 heteroatoms. The van der Waals surface area contributed by atoms with Crippen molar-refractivity contribution in [3.05, 3.63) is 30.3 Å². The first kappa shape index (κ1) is 22.2. The van der Waals surface area contributed by atoms with Gasteiger partial charge in [0.1, 0.15) is 0 Å². The van der Waals surface area contributed by atoms with Crippen LogP contribution in [-0.2, 0) is 4.74 Å². The predicted molar refractivity (Wildman–Crippen MR) is 125 cm³/mol. The van der Waals surface area contributed by atoms with Crippen molar-refractivity contribution >= 4 is 23.4 Å². The van der Waals surface area contributed by atoms with Crippen LogP contribution in [0.2, 0.25) is 0 Å². The summed E-state index contributed by atoms with van der Waals surface area (Å²) in [5, 5.41) is 7.12. The van der Waals surface area contributed by atoms with Crippen LogP contribution < -0.4 is 15.5 Å². The lowest BCUT2D eigenvalue weighted by Crippen LogP contribution is -2.60. The molecule has 0 aliphatic carbocycles. The molecule has 0 amide bonds. The summed E-state index contributed by atoms with van der Waals surface area (Å²) in [6.45, 7) is 9.94. The zero-order valence-corrected chi connectivity index (χ0v) is 18.8. The highest BCUT2D eigenvalue weighted by molar-refractivity contribution is 7.99. The maximum atomic E-state index is 5.57. The standard InChI is InChI=1S/C22H37N5OS/c1-3-26(20-8-5-4-6-9-20)12-7-11-24-21(23-2)25-18-22(10-17-29-19-22)27-13-15-28-16-14-27/h4-6,8-9H,3,7,10-19H2,1-2H3,(H2,23,24,25). The minimum absolute atomic E-state index is 0.235. The summed E-state index contributed by atoms with van der Waals surface area (Å²) in [5.74, 6) is 3.36. The number of thioether (sulfide) groups is 1. The van der Waals surface area contributed by atoms with Gasteiger partial charge in [0.25, 0.3) is 0 Å². The highest BCUT2D eigenvalue weighted by Gasteiger charge is 2.40. The minimum Gasteiger partial charge on any atom is -0.379 e. The van der Waals surface area contributed by atoms with Crippen molar-refractivity contribution in [3.8, 4) is 0 Å². The van der Waals surface area contributed by atoms with E-state index in [1.165, 1.54) is 23.6 Å². The van der Waals surface area contributed by atoms with Gasteiger partial charge in [-0.2, -0.15) is 11.8 Å². The van der Waals surface area contributed by atoms with Gasteiger partial charge in [0.15, 0.2) is 5.96 Å². The van der Waals surface area contributed by atoms with Gasteiger partial charge in [0, 0.05) is 63.3 Å². The van der Waals surface area contributed by atoms with Crippen molar-refractivity contribution in [2.24, 2.45) is 4.99 Å². The lowest BCUT2D eigenvalue weighted by molar-refractivity contribution is -0.0120. The molecule has 1 unspecified atom stereocenters. The van der Waals surface area contributed by atoms with E-state index < -0.39 is 0 Å². The first-order chi connectivity index (χ1) is 14.3. The molecule has 2 aliphatic heterocycles. The zero-order valence-electron chi connectivity index (χ0n) is 18.0. The van der Waals surface area contributed by atoms with Crippen LogP contribution in [0.15, 0.2) is 35.3 Å². The summed E-state index contributed by atoms with van der Waals surface area (Å²) in [6, 6.07) is 10.6. The average molecular weight is 420 g/mol. The normalized spacial score (nSPS) is 23.2. The van der Waals surface area contributed by atoms with Crippen molar-refractivity contribution in [1.82, 2.24) is 15.5 Å². The van der Waals surface area contributed by atoms with Gasteiger partial charge in [-0.1, -0.05) is 18.2 Å². The number of aliphatic imine (C=N–C) groups is 1. The molecular weight excluding hydrogens is 382 g/mol. The van der Waals surface area contributed by atoms with Crippen molar-refractivity contribution in [3.63, 3.8) is 0 Å². The van der Waals surface area contributed by atoms with Gasteiger partial charge < -0.3 is 20.3 Å². The Morgan fingerprint density at radius 3 is 2.69 bits per heavy atom. The van der Waals surface area contributed by atoms with Crippen molar-refractivity contribution in [2.45, 2.75) is 25.3 Å². The fourth-order valence-electron chi connectivity index (χ4n) is 4.19. The van der Waals surface area contributed by atoms with Crippen LogP contribution >= 0.6 is 11.8 Å². The number of benzene rings is 1. The maximum Gasteiger partial charge on any atom is 0.191 e. The quantitative estimate of drug-likeness (QED) is 0.364. The van der Waals surface area contributed by atoms with Gasteiger partial charge in [-0.25, -0.2) is 0 Å². The molecule has 2 fully saturated rings. The lowest BCUT2D eigenvalue weighted by atomic mass is 9.95. The zero-order chi connectivity index (χ0) is 20.4. The van der Waals surface area contributed by atoms with E-state index in [4.69, 9.17) is 4.74 Å². The van der Waals surface area contributed by atoms with Crippen LogP contribution in [0, 0.1) is 0 Å². The Bertz CT molecular complexity index is 615. The Morgan fingerprint density at radius 2 is 2.03 bits per heavy atom. The lowest BCUT2D eigenvalue weighted by Gasteiger charge is -2.43. The van der Waals surface area contributed by atoms with E-state index in [1.807, 2.05) is 7.05 Å². The number of hydrogen-bond donors (Lipinski definition) is 2. The van der Waals surface area contributed by atoms with Crippen LogP contribution in [0.4, 0.5) is 5.69 Å². The number of morpholine rings is 1. The van der Waals surface area contributed by atoms with E-state index in [2.05, 4.69) is 74.4 Å². The second-order valence-corrected chi connectivity index (χ2v) is 8.85. The first-order valence-corrected chi connectivity index (χ1v) is 12.1. The molecule has 162 valence electrons. The second kappa shape index (κ2) is 11.7. The van der Waals surface area contributed by atoms with Gasteiger partial charge in [0.2, 0.25) is 0 Å². The van der Waals surface area contributed by atoms with Gasteiger partial charge >= 0.3 is 0 Å². The summed E-state index contributed by atoms with van der Waals surface area (Å²) in [7, 11) is 1.86. The molecule has 0 spiro atoms. The molecule has 2 aliphatic rings. The average Bonchev–Trinajstić information content (AvgIpc) is 3.27. The van der Waals surface area contributed by atoms with E-state index in [-0.39, 0.29) is 5.54 Å². The Hall–Kier alpha value is -1.44. The molecular formula is C22H37N5OS. The molecule has 2 saturated heterocycles. The Balaban J connectivity index is 1.43. The van der Waals surface area contributed by atoms with Crippen molar-refractivity contribution in [1.29, 1.82) is 0 Å². The van der Waals surface area contributed by atoms with Gasteiger partial charge in [-0.15, -0.1) is 0 Å². The largest absolute Gasteiger partial charge is 0.379 e. The van der Waals surface area contributed by atoms with Crippen LogP contribution in [-0.4, -0.2) is 87.4 Å². The Labute approximate surface area is 180 Å². The summed E-state index contributed by atoms with van der Waals surface area (Å²) < 4.78 is 5.57. The van der Waals surface area contributed by atoms with E-state index in [9.17, 15) is 0 Å². The predicted octanol–water partition coefficient (Wildman–Crippen LogP) is 2.28. The Kier molecular flexibility index (Phi) is 8.95. The third kappa shape index (κ3) is 6.27. The van der Waals surface area contributed by atoms with E-state index >= 15 is 0 Å². The van der Waals surface area contributed by atoms with Gasteiger partial charge in [-0.3, -0.25) is 9.89 Å². The number of para-hydroxylation sites is 1. The summed E-state index contributed by atoms with van der Waals surface area (Å²) in [4.78, 5) is 9.50. The topological polar surface area (TPSA) is 52.1 Å². The number of guanidine groups is 1. The van der Waals surface area contributed by atoms with Crippen LogP contribution in [0.1, 0.15) is 19.8 Å². The summed E-state index contributed by atoms with van der Waals surface area (Å²) >= 11 is 2.07. The Morgan fingerprint density at radius 1 is 1.24 bits per heavy atom. The van der Waals surface area contributed by atoms with Gasteiger partial charge in [-0.05, 0) is 37.7 Å². The highest BCUT2D eigenvalue weighted by atomic mass is 32.2. The third-order valence-corrected chi connectivity index (χ3v) is 7.21. The molecule has 0 aromatic heterocycles. The molecule has 3 rings (SSSR count). The number of hydrogen-bond acceptors (Lipinski definition) is 5. The molecule has 0 saturated carbocycles. The van der Waals surface area contributed by atoms with Crippen molar-refractivity contribution < 1.29 is 4.74 Å². The molecule has 2 N–H and O–H groups in total. The maximum absolute atomic E-state index is 5.57. The highest BCUT2D eigenvalue weighted by Crippen LogP contribution is 2.33. The number of ether oxygens (including phenoxy) is 1. The molecule has 29 heavy (non-hydrogen) atoms. The summed E-state index contributed by atoms with van der Waals surface area (Å²) in [5.41, 5.74) is 1.53. The molecule has 1 aromatic rings. The fraction of sp³-hybridized carbons (Fsp3) is 0.682. The van der Waals surface area contributed by atoms with E-state index in [1.54, 1.807) is 0 Å². The molecule has 1 atom stereocenters. The van der Waals surface area contributed by atoms with Crippen LogP contribution in [0.5, 0.6) is 0 Å². The van der Waals surface area contributed by atoms with Gasteiger partial charge in [0.05, 0.1) is 13.2 Å². The summed E-state index contributed by atoms with van der Waals surface area (Å²) in [6.07, 6.45) is 2.32. The SMILES string of the molecule is CCN(CCCNC(=NC)NCC1(N2CCOCC2)CCSC1)c1ccccc1. The minimum atomic E-state index is 0.235. The third-order valence-electron chi connectivity index (χ3n) is 5.97. The number of anilines is 1. The number of rotatable bonds is 9. The molecule has 6 nitrogen and oxygen atoms in total. The second-order valence-electron chi connectivity index (χ2n) is 7.75. The van der Waals surface area contributed by atoms with Crippen LogP contribution in [0.25, 0.3) is 0 Å². The molecule has 1 aromatic carbocycles. The van der Waals surface area contributed by atoms with Crippen LogP contribution in [0.3, 0.4) is 0 Å². The first-order valence-electron chi connectivity index (χ1n) is 10.9. The molecule has 0 radical (unpaired) electrons. The van der Waals surface area contributed by atoms with Crippen molar-refractivity contribution in [2.75, 3.05) is 75.9 Å². The number of nitrogens with zero attached hydrogens (tertiary/aromatic N) is 3. The molecule has 2 heterocycles. The smallest absolute Gasteiger partial charge is 0.191 e. The molecule has 0 bridgehead atoms. The fourth-order valence-corrected chi connectivity index (χ4v) is 5.67. The van der Waals surface area contributed by atoms with E-state index in [0.29, 0.717) is 0 Å². The number of nitrogens with one attached hydrogen (secondary N) is 2. The van der Waals surface area contributed by atoms with E-state index in [0.717, 1.165) is 64.9 Å².